The second-order valence-corrected chi connectivity index (χ2v) is 20.4. The third-order valence-electron chi connectivity index (χ3n) is 11.5. The van der Waals surface area contributed by atoms with Gasteiger partial charge in [0.05, 0.1) is 38.9 Å². The van der Waals surface area contributed by atoms with Crippen molar-refractivity contribution in [2.24, 2.45) is 5.41 Å². The maximum Gasteiger partial charge on any atom is 0.149 e. The number of phenolic OH excluding ortho intramolecular Hbond substituents is 1. The molecule has 0 bridgehead atoms. The summed E-state index contributed by atoms with van der Waals surface area (Å²) in [6.07, 6.45) is -1.25. The normalized spacial score (nSPS) is 21.7. The zero-order valence-electron chi connectivity index (χ0n) is 73.8. The Hall–Kier alpha value is -6.26. The molecule has 0 saturated heterocycles. The molecule has 8 aromatic rings. The van der Waals surface area contributed by atoms with Gasteiger partial charge in [-0.15, -0.1) is 0 Å². The zero-order valence-corrected chi connectivity index (χ0v) is 39.8. The number of rotatable bonds is 7. The summed E-state index contributed by atoms with van der Waals surface area (Å²) >= 11 is 0. The number of fused-ring (bicyclic) bond motifs is 1. The second kappa shape index (κ2) is 17.6. The first-order chi connectivity index (χ1) is 46.1. The number of nitrogens with zero attached hydrogens (tertiary/aromatic N) is 3. The molecule has 0 unspecified atom stereocenters. The van der Waals surface area contributed by atoms with Gasteiger partial charge in [-0.1, -0.05) is 182 Å². The molecule has 8 rings (SSSR count). The third-order valence-corrected chi connectivity index (χ3v) is 11.5. The fourth-order valence-corrected chi connectivity index (χ4v) is 8.08. The molecule has 0 spiro atoms. The summed E-state index contributed by atoms with van der Waals surface area (Å²) in [6.45, 7) is -17.8. The van der Waals surface area contributed by atoms with Crippen LogP contribution in [0.2, 0.25) is 0 Å². The standard InChI is InChI=1S/C65H75N3O/c1-40-30-42(38-61(3,4)5)26-28-49(40)51-37-55(66-39-41(51)2)45-31-44(32-47(33-45)63(9,10)11)50-24-21-25-57-58(50)67-60(53-35-48(64(12,13)14)36-54(59(53)69)65(15,16)17)68(57)56-29-27-46(62(6,7)8)34-52(56)43-22-19-18-20-23-43/h18-37,39,69H,38H2,1-17H3/i1D3,2D3,12D3,13D3,14D3,15D3,16D3,17D3,18D,19D,20D,22D,23D,28D,35D,36D,38D2. The summed E-state index contributed by atoms with van der Waals surface area (Å²) in [4.78, 5) is 9.57. The highest BCUT2D eigenvalue weighted by atomic mass is 16.3. The van der Waals surface area contributed by atoms with Crippen LogP contribution in [0.5, 0.6) is 5.75 Å². The monoisotopic (exact) mass is 948 g/mol. The van der Waals surface area contributed by atoms with Crippen molar-refractivity contribution in [3.63, 3.8) is 0 Å². The van der Waals surface area contributed by atoms with Gasteiger partial charge >= 0.3 is 0 Å². The third kappa shape index (κ3) is 10.1. The minimum absolute atomic E-state index is 0.00563. The maximum atomic E-state index is 13.4. The molecule has 4 heteroatoms. The van der Waals surface area contributed by atoms with Crippen molar-refractivity contribution in [2.75, 3.05) is 0 Å². The number of hydrogen-bond acceptors (Lipinski definition) is 3. The molecular formula is C65H75N3O. The molecule has 0 amide bonds. The van der Waals surface area contributed by atoms with E-state index >= 15 is 0 Å². The molecule has 69 heavy (non-hydrogen) atoms. The first-order valence-electron chi connectivity index (χ1n) is 39.1. The molecule has 0 aliphatic heterocycles. The molecule has 0 radical (unpaired) electrons. The molecule has 1 N–H and O–H groups in total. The molecule has 0 atom stereocenters. The minimum Gasteiger partial charge on any atom is -0.507 e. The number of imidazole rings is 1. The number of benzene rings is 6. The average molecular weight is 949 g/mol. The van der Waals surface area contributed by atoms with E-state index in [1.807, 2.05) is 0 Å². The summed E-state index contributed by atoms with van der Waals surface area (Å²) in [6, 6.07) is 8.00. The molecule has 0 saturated carbocycles. The predicted molar refractivity (Wildman–Crippen MR) is 295 cm³/mol. The number of aromatic hydroxyl groups is 1. The van der Waals surface area contributed by atoms with E-state index < -0.39 is 182 Å². The SMILES string of the molecule is [2H]c1cc(C([2H])([2H])C(C)(C)C)cc(C([2H])([2H])[2H])c1-c1cc(-c2cc(-c3cccc4c3nc(-c3c([2H])c(C(C([2H])([2H])[2H])(C([2H])([2H])[2H])C([2H])([2H])[2H])c([2H])c(C(C([2H])([2H])[2H])(C([2H])([2H])[2H])C([2H])([2H])[2H])c3O)n4-c3ccc(C(C)(C)C)cc3-c3c([2H])c([2H])c([2H])c([2H])c3[2H])cc(C(C)(C)C)c2)ncc1C([2H])([2H])[2H]. The average Bonchev–Trinajstić information content (AvgIpc) is 1.26. The number of hydrogen-bond donors (Lipinski definition) is 1. The lowest BCUT2D eigenvalue weighted by atomic mass is 9.79. The fourth-order valence-electron chi connectivity index (χ4n) is 8.08. The van der Waals surface area contributed by atoms with Crippen LogP contribution in [0.3, 0.4) is 0 Å². The van der Waals surface area contributed by atoms with E-state index in [0.29, 0.717) is 11.1 Å². The summed E-state index contributed by atoms with van der Waals surface area (Å²) in [7, 11) is 0. The molecule has 2 heterocycles. The van der Waals surface area contributed by atoms with Crippen molar-refractivity contribution in [3.05, 3.63) is 166 Å². The van der Waals surface area contributed by atoms with E-state index in [0.717, 1.165) is 22.9 Å². The quantitative estimate of drug-likeness (QED) is 0.173. The highest BCUT2D eigenvalue weighted by Gasteiger charge is 2.30. The van der Waals surface area contributed by atoms with Gasteiger partial charge in [-0.2, -0.15) is 0 Å². The van der Waals surface area contributed by atoms with Gasteiger partial charge in [0.15, 0.2) is 0 Å². The number of para-hydroxylation sites is 1. The lowest BCUT2D eigenvalue weighted by Gasteiger charge is -2.28. The van der Waals surface area contributed by atoms with E-state index in [4.69, 9.17) is 44.7 Å². The van der Waals surface area contributed by atoms with Crippen LogP contribution in [-0.4, -0.2) is 19.6 Å². The van der Waals surface area contributed by atoms with Crippen molar-refractivity contribution in [2.45, 2.75) is 145 Å². The molecule has 356 valence electrons. The van der Waals surface area contributed by atoms with Gasteiger partial charge in [0.1, 0.15) is 11.6 Å². The van der Waals surface area contributed by atoms with Crippen LogP contribution in [0.1, 0.15) is 189 Å². The van der Waals surface area contributed by atoms with E-state index in [1.54, 1.807) is 74.4 Å². The van der Waals surface area contributed by atoms with Crippen LogP contribution in [0.25, 0.3) is 72.7 Å². The van der Waals surface area contributed by atoms with Gasteiger partial charge in [-0.05, 0) is 145 Å². The topological polar surface area (TPSA) is 50.9 Å². The Balaban J connectivity index is 1.70. The van der Waals surface area contributed by atoms with E-state index in [2.05, 4.69) is 4.98 Å². The zero-order chi connectivity index (χ0) is 78.9. The van der Waals surface area contributed by atoms with E-state index in [-0.39, 0.29) is 61.4 Å². The molecule has 2 aromatic heterocycles. The van der Waals surface area contributed by atoms with Crippen LogP contribution < -0.4 is 0 Å². The molecular weight excluding hydrogens is 839 g/mol. The van der Waals surface area contributed by atoms with Gasteiger partial charge < -0.3 is 5.11 Å². The minimum atomic E-state index is -4.65. The van der Waals surface area contributed by atoms with E-state index in [9.17, 15) is 12.0 Å². The Morgan fingerprint density at radius 2 is 1.30 bits per heavy atom. The Morgan fingerprint density at radius 3 is 1.97 bits per heavy atom. The molecule has 0 aliphatic rings. The molecule has 4 nitrogen and oxygen atoms in total. The summed E-state index contributed by atoms with van der Waals surface area (Å²) < 4.78 is 305. The summed E-state index contributed by atoms with van der Waals surface area (Å²) in [5, 5.41) is 13.4. The number of aromatic nitrogens is 3. The van der Waals surface area contributed by atoms with Gasteiger partial charge in [-0.25, -0.2) is 4.98 Å². The Bertz CT molecular complexity index is 4520. The Labute approximate surface area is 461 Å². The largest absolute Gasteiger partial charge is 0.507 e. The lowest BCUT2D eigenvalue weighted by molar-refractivity contribution is 0.411. The maximum absolute atomic E-state index is 13.4. The molecule has 0 aliphatic carbocycles. The van der Waals surface area contributed by atoms with Gasteiger partial charge in [0, 0.05) is 64.1 Å². The van der Waals surface area contributed by atoms with Crippen molar-refractivity contribution < 1.29 is 51.7 Å². The highest BCUT2D eigenvalue weighted by molar-refractivity contribution is 5.98. The lowest BCUT2D eigenvalue weighted by Crippen LogP contribution is -2.17. The van der Waals surface area contributed by atoms with Crippen molar-refractivity contribution >= 4 is 11.0 Å². The Kier molecular flexibility index (Phi) is 5.67. The van der Waals surface area contributed by atoms with Crippen molar-refractivity contribution in [1.29, 1.82) is 0 Å². The van der Waals surface area contributed by atoms with Gasteiger partial charge in [-0.3, -0.25) is 9.55 Å². The first-order valence-corrected chi connectivity index (χ1v) is 22.1. The number of pyridine rings is 1. The first kappa shape index (κ1) is 22.2. The molecule has 6 aromatic carbocycles. The van der Waals surface area contributed by atoms with Crippen LogP contribution >= 0.6 is 0 Å². The smallest absolute Gasteiger partial charge is 0.149 e. The predicted octanol–water partition coefficient (Wildman–Crippen LogP) is 17.9. The van der Waals surface area contributed by atoms with E-state index in [1.165, 1.54) is 48.5 Å². The van der Waals surface area contributed by atoms with Gasteiger partial charge in [0.25, 0.3) is 0 Å². The molecule has 0 fully saturated rings. The van der Waals surface area contributed by atoms with Crippen LogP contribution in [0, 0.1) is 19.1 Å². The van der Waals surface area contributed by atoms with Gasteiger partial charge in [0.2, 0.25) is 0 Å². The van der Waals surface area contributed by atoms with Crippen LogP contribution in [-0.2, 0) is 28.0 Å². The number of phenols is 1. The fraction of sp³-hybridized carbons (Fsp3) is 0.354. The highest BCUT2D eigenvalue weighted by Crippen LogP contribution is 2.46. The summed E-state index contributed by atoms with van der Waals surface area (Å²) in [5.74, 6) is -2.99. The van der Waals surface area contributed by atoms with Crippen molar-refractivity contribution in [1.82, 2.24) is 14.5 Å². The number of aryl methyl sites for hydroxylation is 2. The van der Waals surface area contributed by atoms with Crippen molar-refractivity contribution in [3.8, 4) is 67.5 Å². The second-order valence-electron chi connectivity index (χ2n) is 20.4. The Morgan fingerprint density at radius 1 is 0.594 bits per heavy atom. The summed E-state index contributed by atoms with van der Waals surface area (Å²) in [5.41, 5.74) is -20.3. The van der Waals surface area contributed by atoms with Crippen LogP contribution in [0.15, 0.2) is 127 Å². The van der Waals surface area contributed by atoms with Crippen LogP contribution in [0.4, 0.5) is 0 Å².